The van der Waals surface area contributed by atoms with Crippen LogP contribution in [0.2, 0.25) is 0 Å². The Morgan fingerprint density at radius 2 is 1.88 bits per heavy atom. The molecule has 0 saturated carbocycles. The maximum absolute atomic E-state index is 12.9. The minimum absolute atomic E-state index is 0.00435. The molecule has 4 nitrogen and oxygen atoms in total. The second kappa shape index (κ2) is 7.09. The van der Waals surface area contributed by atoms with Crippen molar-refractivity contribution in [2.45, 2.75) is 32.1 Å². The van der Waals surface area contributed by atoms with Gasteiger partial charge in [0.15, 0.2) is 0 Å². The van der Waals surface area contributed by atoms with Gasteiger partial charge in [0.2, 0.25) is 5.91 Å². The molecule has 2 aromatic carbocycles. The highest BCUT2D eigenvalue weighted by Crippen LogP contribution is 2.32. The first-order chi connectivity index (χ1) is 12.0. The molecule has 25 heavy (non-hydrogen) atoms. The zero-order valence-corrected chi connectivity index (χ0v) is 15.0. The van der Waals surface area contributed by atoms with Gasteiger partial charge in [0.05, 0.1) is 5.92 Å². The summed E-state index contributed by atoms with van der Waals surface area (Å²) >= 11 is 0. The summed E-state index contributed by atoms with van der Waals surface area (Å²) in [7, 11) is 3.44. The molecule has 0 aliphatic heterocycles. The van der Waals surface area contributed by atoms with Gasteiger partial charge in [-0.3, -0.25) is 9.59 Å². The number of rotatable bonds is 3. The van der Waals surface area contributed by atoms with E-state index in [2.05, 4.69) is 17.4 Å². The molecule has 4 heteroatoms. The first-order valence-electron chi connectivity index (χ1n) is 8.68. The summed E-state index contributed by atoms with van der Waals surface area (Å²) in [6.45, 7) is 1.94. The van der Waals surface area contributed by atoms with E-state index < -0.39 is 0 Å². The van der Waals surface area contributed by atoms with Crippen LogP contribution >= 0.6 is 0 Å². The number of aryl methyl sites for hydroxylation is 2. The first-order valence-corrected chi connectivity index (χ1v) is 8.68. The zero-order chi connectivity index (χ0) is 18.0. The molecule has 0 radical (unpaired) electrons. The normalized spacial score (nSPS) is 16.0. The van der Waals surface area contributed by atoms with Crippen LogP contribution in [0.4, 0.5) is 5.69 Å². The lowest BCUT2D eigenvalue weighted by Gasteiger charge is -2.25. The Hall–Kier alpha value is -2.62. The zero-order valence-electron chi connectivity index (χ0n) is 15.0. The molecule has 2 amide bonds. The number of nitrogens with one attached hydrogen (secondary N) is 1. The van der Waals surface area contributed by atoms with Crippen molar-refractivity contribution in [2.75, 3.05) is 19.4 Å². The van der Waals surface area contributed by atoms with Crippen molar-refractivity contribution in [3.63, 3.8) is 0 Å². The number of hydrogen-bond donors (Lipinski definition) is 1. The molecule has 0 aromatic heterocycles. The van der Waals surface area contributed by atoms with Crippen LogP contribution in [-0.2, 0) is 11.2 Å². The van der Waals surface area contributed by atoms with Gasteiger partial charge in [-0.15, -0.1) is 0 Å². The topological polar surface area (TPSA) is 49.4 Å². The maximum atomic E-state index is 12.9. The minimum atomic E-state index is -0.127. The molecule has 1 atom stereocenters. The predicted molar refractivity (Wildman–Crippen MR) is 99.9 cm³/mol. The van der Waals surface area contributed by atoms with Crippen molar-refractivity contribution in [3.8, 4) is 0 Å². The van der Waals surface area contributed by atoms with E-state index in [1.54, 1.807) is 26.2 Å². The summed E-state index contributed by atoms with van der Waals surface area (Å²) in [4.78, 5) is 26.6. The summed E-state index contributed by atoms with van der Waals surface area (Å²) in [5.74, 6) is -0.194. The number of amides is 2. The van der Waals surface area contributed by atoms with Crippen molar-refractivity contribution in [1.29, 1.82) is 0 Å². The SMILES string of the molecule is Cc1ccc(C(=O)N(C)C)cc1NC(=O)[C@@H]1CCCc2ccccc21. The molecule has 2 aromatic rings. The molecule has 1 aliphatic rings. The van der Waals surface area contributed by atoms with Crippen LogP contribution in [0.5, 0.6) is 0 Å². The lowest BCUT2D eigenvalue weighted by molar-refractivity contribution is -0.117. The largest absolute Gasteiger partial charge is 0.345 e. The van der Waals surface area contributed by atoms with Crippen LogP contribution in [0.25, 0.3) is 0 Å². The van der Waals surface area contributed by atoms with E-state index in [4.69, 9.17) is 0 Å². The smallest absolute Gasteiger partial charge is 0.253 e. The van der Waals surface area contributed by atoms with Crippen LogP contribution in [0.15, 0.2) is 42.5 Å². The molecule has 0 unspecified atom stereocenters. The first kappa shape index (κ1) is 17.2. The highest BCUT2D eigenvalue weighted by atomic mass is 16.2. The Kier molecular flexibility index (Phi) is 4.88. The highest BCUT2D eigenvalue weighted by Gasteiger charge is 2.26. The van der Waals surface area contributed by atoms with E-state index >= 15 is 0 Å². The van der Waals surface area contributed by atoms with Crippen LogP contribution in [-0.4, -0.2) is 30.8 Å². The van der Waals surface area contributed by atoms with E-state index in [1.165, 1.54) is 10.5 Å². The molecule has 0 fully saturated rings. The van der Waals surface area contributed by atoms with Gasteiger partial charge in [0.1, 0.15) is 0 Å². The lowest BCUT2D eigenvalue weighted by Crippen LogP contribution is -2.25. The van der Waals surface area contributed by atoms with Crippen LogP contribution in [0.1, 0.15) is 45.8 Å². The number of carbonyl (C=O) groups is 2. The number of benzene rings is 2. The van der Waals surface area contributed by atoms with E-state index in [9.17, 15) is 9.59 Å². The van der Waals surface area contributed by atoms with Gasteiger partial charge in [0, 0.05) is 25.3 Å². The molecule has 130 valence electrons. The number of hydrogen-bond acceptors (Lipinski definition) is 2. The van der Waals surface area contributed by atoms with Gasteiger partial charge >= 0.3 is 0 Å². The Morgan fingerprint density at radius 3 is 2.64 bits per heavy atom. The second-order valence-electron chi connectivity index (χ2n) is 6.86. The van der Waals surface area contributed by atoms with Crippen molar-refractivity contribution >= 4 is 17.5 Å². The van der Waals surface area contributed by atoms with Gasteiger partial charge < -0.3 is 10.2 Å². The number of fused-ring (bicyclic) bond motifs is 1. The van der Waals surface area contributed by atoms with Crippen LogP contribution in [0.3, 0.4) is 0 Å². The predicted octanol–water partition coefficient (Wildman–Crippen LogP) is 3.76. The molecule has 0 spiro atoms. The third-order valence-corrected chi connectivity index (χ3v) is 4.83. The Labute approximate surface area is 148 Å². The Bertz CT molecular complexity index is 811. The highest BCUT2D eigenvalue weighted by molar-refractivity contribution is 5.99. The lowest BCUT2D eigenvalue weighted by atomic mass is 9.82. The third-order valence-electron chi connectivity index (χ3n) is 4.83. The minimum Gasteiger partial charge on any atom is -0.345 e. The molecule has 1 N–H and O–H groups in total. The van der Waals surface area contributed by atoms with Crippen molar-refractivity contribution < 1.29 is 9.59 Å². The van der Waals surface area contributed by atoms with Gasteiger partial charge in [-0.1, -0.05) is 30.3 Å². The summed E-state index contributed by atoms with van der Waals surface area (Å²) in [5, 5.41) is 3.05. The van der Waals surface area contributed by atoms with E-state index in [0.717, 1.165) is 30.4 Å². The van der Waals surface area contributed by atoms with E-state index in [0.29, 0.717) is 11.3 Å². The standard InChI is InChI=1S/C21H24N2O2/c1-14-11-12-16(21(25)23(2)3)13-19(14)22-20(24)18-10-6-8-15-7-4-5-9-17(15)18/h4-5,7,9,11-13,18H,6,8,10H2,1-3H3,(H,22,24)/t18-/m1/s1. The van der Waals surface area contributed by atoms with Crippen LogP contribution in [0, 0.1) is 6.92 Å². The van der Waals surface area contributed by atoms with Gasteiger partial charge in [-0.2, -0.15) is 0 Å². The fraction of sp³-hybridized carbons (Fsp3) is 0.333. The average molecular weight is 336 g/mol. The number of anilines is 1. The molecule has 0 bridgehead atoms. The number of carbonyl (C=O) groups excluding carboxylic acids is 2. The molecular formula is C21H24N2O2. The summed E-state index contributed by atoms with van der Waals surface area (Å²) in [6, 6.07) is 13.6. The van der Waals surface area contributed by atoms with Gasteiger partial charge in [-0.05, 0) is 55.0 Å². The summed E-state index contributed by atoms with van der Waals surface area (Å²) in [5.41, 5.74) is 4.63. The molecule has 1 aliphatic carbocycles. The molecule has 0 heterocycles. The maximum Gasteiger partial charge on any atom is 0.253 e. The monoisotopic (exact) mass is 336 g/mol. The average Bonchev–Trinajstić information content (AvgIpc) is 2.62. The fourth-order valence-electron chi connectivity index (χ4n) is 3.39. The third kappa shape index (κ3) is 3.58. The van der Waals surface area contributed by atoms with Crippen LogP contribution < -0.4 is 5.32 Å². The van der Waals surface area contributed by atoms with Gasteiger partial charge in [-0.25, -0.2) is 0 Å². The summed E-state index contributed by atoms with van der Waals surface area (Å²) in [6.07, 6.45) is 2.91. The fourth-order valence-corrected chi connectivity index (χ4v) is 3.39. The Morgan fingerprint density at radius 1 is 1.12 bits per heavy atom. The number of nitrogens with zero attached hydrogens (tertiary/aromatic N) is 1. The second-order valence-corrected chi connectivity index (χ2v) is 6.86. The van der Waals surface area contributed by atoms with Crippen molar-refractivity contribution in [1.82, 2.24) is 4.90 Å². The van der Waals surface area contributed by atoms with Gasteiger partial charge in [0.25, 0.3) is 5.91 Å². The quantitative estimate of drug-likeness (QED) is 0.928. The van der Waals surface area contributed by atoms with E-state index in [1.807, 2.05) is 25.1 Å². The van der Waals surface area contributed by atoms with Crippen molar-refractivity contribution in [2.24, 2.45) is 0 Å². The Balaban J connectivity index is 1.84. The van der Waals surface area contributed by atoms with Crippen molar-refractivity contribution in [3.05, 3.63) is 64.7 Å². The van der Waals surface area contributed by atoms with E-state index in [-0.39, 0.29) is 17.7 Å². The summed E-state index contributed by atoms with van der Waals surface area (Å²) < 4.78 is 0. The molecule has 0 saturated heterocycles. The molecular weight excluding hydrogens is 312 g/mol. The molecule has 3 rings (SSSR count).